The van der Waals surface area contributed by atoms with Gasteiger partial charge in [0.1, 0.15) is 11.6 Å². The van der Waals surface area contributed by atoms with Crippen molar-refractivity contribution in [2.45, 2.75) is 46.5 Å². The number of hydrogen-bond donors (Lipinski definition) is 0. The molecule has 0 aromatic heterocycles. The molecule has 4 amide bonds. The van der Waals surface area contributed by atoms with Gasteiger partial charge in [-0.15, -0.1) is 0 Å². The van der Waals surface area contributed by atoms with Crippen LogP contribution in [0.4, 0.5) is 0 Å². The van der Waals surface area contributed by atoms with E-state index in [0.717, 1.165) is 4.90 Å². The van der Waals surface area contributed by atoms with Crippen molar-refractivity contribution in [3.8, 4) is 0 Å². The van der Waals surface area contributed by atoms with Gasteiger partial charge < -0.3 is 0 Å². The first kappa shape index (κ1) is 19.9. The average Bonchev–Trinajstić information content (AvgIpc) is 2.91. The number of carbonyl (C=O) groups excluding carboxylic acids is 6. The SMILES string of the molecule is CC(=O)CN1C(=O)C(CC(=O)CCCN2C(=O)C[C@H](C)C2=O)[C@H](C)C1=O. The summed E-state index contributed by atoms with van der Waals surface area (Å²) >= 11 is 0. The Labute approximate surface area is 151 Å². The summed E-state index contributed by atoms with van der Waals surface area (Å²) in [6.45, 7) is 4.51. The number of ketones is 2. The van der Waals surface area contributed by atoms with Crippen molar-refractivity contribution in [1.82, 2.24) is 9.80 Å². The van der Waals surface area contributed by atoms with E-state index in [0.29, 0.717) is 6.42 Å². The van der Waals surface area contributed by atoms with Crippen LogP contribution in [0.2, 0.25) is 0 Å². The largest absolute Gasteiger partial charge is 0.300 e. The Kier molecular flexibility index (Phi) is 6.05. The lowest BCUT2D eigenvalue weighted by Gasteiger charge is -2.15. The summed E-state index contributed by atoms with van der Waals surface area (Å²) in [7, 11) is 0. The molecule has 0 radical (unpaired) electrons. The highest BCUT2D eigenvalue weighted by Crippen LogP contribution is 2.29. The molecule has 142 valence electrons. The van der Waals surface area contributed by atoms with Crippen LogP contribution < -0.4 is 0 Å². The van der Waals surface area contributed by atoms with Crippen molar-refractivity contribution < 1.29 is 28.8 Å². The molecule has 2 rings (SSSR count). The Morgan fingerprint density at radius 2 is 1.65 bits per heavy atom. The summed E-state index contributed by atoms with van der Waals surface area (Å²) in [6.07, 6.45) is 0.597. The van der Waals surface area contributed by atoms with E-state index in [1.165, 1.54) is 11.8 Å². The number of Topliss-reactive ketones (excluding diaryl/α,β-unsaturated/α-hetero) is 2. The number of likely N-dealkylation sites (tertiary alicyclic amines) is 2. The Hall–Kier alpha value is -2.38. The molecule has 3 atom stereocenters. The minimum Gasteiger partial charge on any atom is -0.300 e. The first-order chi connectivity index (χ1) is 12.1. The number of rotatable bonds is 8. The number of imide groups is 2. The van der Waals surface area contributed by atoms with Crippen LogP contribution in [0.5, 0.6) is 0 Å². The number of amides is 4. The van der Waals surface area contributed by atoms with E-state index in [1.807, 2.05) is 0 Å². The lowest BCUT2D eigenvalue weighted by atomic mass is 9.90. The highest BCUT2D eigenvalue weighted by atomic mass is 16.2. The molecular formula is C18H24N2O6. The van der Waals surface area contributed by atoms with E-state index in [4.69, 9.17) is 0 Å². The van der Waals surface area contributed by atoms with Gasteiger partial charge in [-0.05, 0) is 13.3 Å². The summed E-state index contributed by atoms with van der Waals surface area (Å²) in [6, 6.07) is 0. The third-order valence-corrected chi connectivity index (χ3v) is 4.98. The molecule has 1 unspecified atom stereocenters. The quantitative estimate of drug-likeness (QED) is 0.574. The van der Waals surface area contributed by atoms with Crippen molar-refractivity contribution in [3.63, 3.8) is 0 Å². The van der Waals surface area contributed by atoms with E-state index >= 15 is 0 Å². The second-order valence-electron chi connectivity index (χ2n) is 7.19. The average molecular weight is 364 g/mol. The first-order valence-electron chi connectivity index (χ1n) is 8.84. The molecule has 2 heterocycles. The standard InChI is InChI=1S/C18H24N2O6/c1-10-7-15(23)19(16(10)24)6-4-5-13(22)8-14-12(3)17(25)20(18(14)26)9-11(2)21/h10,12,14H,4-9H2,1-3H3/t10-,12-,14?/m0/s1. The first-order valence-corrected chi connectivity index (χ1v) is 8.84. The molecule has 0 aromatic carbocycles. The van der Waals surface area contributed by atoms with Crippen LogP contribution in [0.15, 0.2) is 0 Å². The Balaban J connectivity index is 1.85. The van der Waals surface area contributed by atoms with Crippen LogP contribution >= 0.6 is 0 Å². The number of hydrogen-bond acceptors (Lipinski definition) is 6. The summed E-state index contributed by atoms with van der Waals surface area (Å²) in [5.41, 5.74) is 0. The molecule has 0 saturated carbocycles. The zero-order chi connectivity index (χ0) is 19.6. The molecule has 2 aliphatic heterocycles. The van der Waals surface area contributed by atoms with Crippen LogP contribution in [0.3, 0.4) is 0 Å². The lowest BCUT2D eigenvalue weighted by molar-refractivity contribution is -0.143. The fourth-order valence-electron chi connectivity index (χ4n) is 3.45. The van der Waals surface area contributed by atoms with E-state index in [1.54, 1.807) is 13.8 Å². The maximum Gasteiger partial charge on any atom is 0.233 e. The second kappa shape index (κ2) is 7.88. The minimum absolute atomic E-state index is 0.0710. The van der Waals surface area contributed by atoms with Gasteiger partial charge >= 0.3 is 0 Å². The molecule has 0 aromatic rings. The highest BCUT2D eigenvalue weighted by Gasteiger charge is 2.45. The maximum atomic E-state index is 12.3. The molecule has 0 spiro atoms. The van der Waals surface area contributed by atoms with Crippen molar-refractivity contribution in [3.05, 3.63) is 0 Å². The molecule has 0 N–H and O–H groups in total. The van der Waals surface area contributed by atoms with Crippen molar-refractivity contribution in [1.29, 1.82) is 0 Å². The molecule has 0 aliphatic carbocycles. The van der Waals surface area contributed by atoms with Gasteiger partial charge in [0, 0.05) is 37.6 Å². The Bertz CT molecular complexity index is 671. The van der Waals surface area contributed by atoms with Gasteiger partial charge in [-0.25, -0.2) is 0 Å². The summed E-state index contributed by atoms with van der Waals surface area (Å²) in [4.78, 5) is 73.4. The molecule has 2 fully saturated rings. The fourth-order valence-corrected chi connectivity index (χ4v) is 3.45. The van der Waals surface area contributed by atoms with Crippen molar-refractivity contribution in [2.75, 3.05) is 13.1 Å². The molecular weight excluding hydrogens is 340 g/mol. The fraction of sp³-hybridized carbons (Fsp3) is 0.667. The monoisotopic (exact) mass is 364 g/mol. The van der Waals surface area contributed by atoms with E-state index in [2.05, 4.69) is 0 Å². The zero-order valence-electron chi connectivity index (χ0n) is 15.3. The van der Waals surface area contributed by atoms with Crippen molar-refractivity contribution in [2.24, 2.45) is 17.8 Å². The molecule has 8 nitrogen and oxygen atoms in total. The predicted molar refractivity (Wildman–Crippen MR) is 89.4 cm³/mol. The van der Waals surface area contributed by atoms with Crippen molar-refractivity contribution >= 4 is 35.2 Å². The van der Waals surface area contributed by atoms with Gasteiger partial charge in [-0.1, -0.05) is 13.8 Å². The van der Waals surface area contributed by atoms with E-state index in [-0.39, 0.29) is 61.7 Å². The van der Waals surface area contributed by atoms with Gasteiger partial charge in [0.2, 0.25) is 23.6 Å². The molecule has 26 heavy (non-hydrogen) atoms. The van der Waals surface area contributed by atoms with Gasteiger partial charge in [-0.2, -0.15) is 0 Å². The summed E-state index contributed by atoms with van der Waals surface area (Å²) < 4.78 is 0. The normalized spacial score (nSPS) is 26.2. The molecule has 0 bridgehead atoms. The minimum atomic E-state index is -0.746. The molecule has 8 heteroatoms. The Morgan fingerprint density at radius 1 is 1.00 bits per heavy atom. The van der Waals surface area contributed by atoms with Gasteiger partial charge in [0.05, 0.1) is 12.5 Å². The maximum absolute atomic E-state index is 12.3. The molecule has 2 aliphatic rings. The van der Waals surface area contributed by atoms with E-state index in [9.17, 15) is 28.8 Å². The van der Waals surface area contributed by atoms with E-state index < -0.39 is 23.7 Å². The topological polar surface area (TPSA) is 109 Å². The van der Waals surface area contributed by atoms with Gasteiger partial charge in [0.25, 0.3) is 0 Å². The third-order valence-electron chi connectivity index (χ3n) is 4.98. The van der Waals surface area contributed by atoms with Gasteiger partial charge in [-0.3, -0.25) is 38.6 Å². The smallest absolute Gasteiger partial charge is 0.233 e. The second-order valence-corrected chi connectivity index (χ2v) is 7.19. The summed E-state index contributed by atoms with van der Waals surface area (Å²) in [5.74, 6) is -3.52. The van der Waals surface area contributed by atoms with Crippen LogP contribution in [0, 0.1) is 17.8 Å². The number of nitrogens with zero attached hydrogens (tertiary/aromatic N) is 2. The zero-order valence-corrected chi connectivity index (χ0v) is 15.3. The van der Waals surface area contributed by atoms with Crippen LogP contribution in [-0.2, 0) is 28.8 Å². The highest BCUT2D eigenvalue weighted by molar-refractivity contribution is 6.08. The Morgan fingerprint density at radius 3 is 2.19 bits per heavy atom. The number of carbonyl (C=O) groups is 6. The predicted octanol–water partition coefficient (Wildman–Crippen LogP) is 0.331. The van der Waals surface area contributed by atoms with Crippen LogP contribution in [-0.4, -0.2) is 58.1 Å². The van der Waals surface area contributed by atoms with Gasteiger partial charge in [0.15, 0.2) is 0 Å². The van der Waals surface area contributed by atoms with Crippen LogP contribution in [0.25, 0.3) is 0 Å². The lowest BCUT2D eigenvalue weighted by Crippen LogP contribution is -2.35. The summed E-state index contributed by atoms with van der Waals surface area (Å²) in [5, 5.41) is 0. The molecule has 2 saturated heterocycles. The van der Waals surface area contributed by atoms with Crippen LogP contribution in [0.1, 0.15) is 46.5 Å². The third kappa shape index (κ3) is 4.05.